The Bertz CT molecular complexity index is 726. The lowest BCUT2D eigenvalue weighted by Gasteiger charge is -2.18. The molecule has 0 atom stereocenters. The molecule has 0 amide bonds. The van der Waals surface area contributed by atoms with Crippen LogP contribution in [0.25, 0.3) is 0 Å². The lowest BCUT2D eigenvalue weighted by Crippen LogP contribution is -2.31. The standard InChI is InChI=1S/C16H20N4OS/c1-20(2)14-6-4-3-5-11(14)10-22-16-18-13-7-8-17-9-12(13)15(21)19-16/h3-6,17H,7-10H2,1-2H3,(H,18,19,21). The minimum atomic E-state index is -0.0133. The highest BCUT2D eigenvalue weighted by Crippen LogP contribution is 2.26. The summed E-state index contributed by atoms with van der Waals surface area (Å²) >= 11 is 1.58. The van der Waals surface area contributed by atoms with Crippen molar-refractivity contribution in [2.75, 3.05) is 25.5 Å². The second kappa shape index (κ2) is 6.54. The molecule has 0 saturated heterocycles. The van der Waals surface area contributed by atoms with E-state index in [0.29, 0.717) is 11.7 Å². The van der Waals surface area contributed by atoms with Crippen LogP contribution in [0, 0.1) is 0 Å². The zero-order chi connectivity index (χ0) is 15.5. The van der Waals surface area contributed by atoms with Gasteiger partial charge in [0.15, 0.2) is 5.16 Å². The third-order valence-corrected chi connectivity index (χ3v) is 4.68. The first-order chi connectivity index (χ1) is 10.6. The molecule has 116 valence electrons. The van der Waals surface area contributed by atoms with Gasteiger partial charge in [0.1, 0.15) is 0 Å². The van der Waals surface area contributed by atoms with Gasteiger partial charge in [-0.15, -0.1) is 0 Å². The van der Waals surface area contributed by atoms with Crippen molar-refractivity contribution in [3.63, 3.8) is 0 Å². The van der Waals surface area contributed by atoms with Crippen LogP contribution in [0.15, 0.2) is 34.2 Å². The minimum absolute atomic E-state index is 0.0133. The highest BCUT2D eigenvalue weighted by molar-refractivity contribution is 7.98. The van der Waals surface area contributed by atoms with Gasteiger partial charge in [0, 0.05) is 45.0 Å². The van der Waals surface area contributed by atoms with Crippen LogP contribution in [0.3, 0.4) is 0 Å². The maximum atomic E-state index is 12.1. The van der Waals surface area contributed by atoms with Crippen LogP contribution in [0.2, 0.25) is 0 Å². The van der Waals surface area contributed by atoms with Crippen LogP contribution in [0.4, 0.5) is 5.69 Å². The fourth-order valence-corrected chi connectivity index (χ4v) is 3.49. The van der Waals surface area contributed by atoms with Crippen molar-refractivity contribution in [1.29, 1.82) is 0 Å². The molecule has 0 spiro atoms. The van der Waals surface area contributed by atoms with E-state index in [1.165, 1.54) is 11.3 Å². The van der Waals surface area contributed by atoms with Gasteiger partial charge in [0.05, 0.1) is 11.3 Å². The average molecular weight is 316 g/mol. The van der Waals surface area contributed by atoms with E-state index in [1.807, 2.05) is 26.2 Å². The molecule has 0 unspecified atom stereocenters. The van der Waals surface area contributed by atoms with Crippen LogP contribution in [-0.4, -0.2) is 30.6 Å². The van der Waals surface area contributed by atoms with Crippen LogP contribution >= 0.6 is 11.8 Å². The molecule has 0 fully saturated rings. The van der Waals surface area contributed by atoms with Gasteiger partial charge in [-0.1, -0.05) is 30.0 Å². The van der Waals surface area contributed by atoms with Crippen molar-refractivity contribution in [1.82, 2.24) is 15.3 Å². The fourth-order valence-electron chi connectivity index (χ4n) is 2.61. The molecule has 2 heterocycles. The predicted molar refractivity (Wildman–Crippen MR) is 90.6 cm³/mol. The summed E-state index contributed by atoms with van der Waals surface area (Å²) in [5.41, 5.74) is 4.13. The Morgan fingerprint density at radius 2 is 2.14 bits per heavy atom. The summed E-state index contributed by atoms with van der Waals surface area (Å²) in [5, 5.41) is 3.91. The molecule has 0 bridgehead atoms. The van der Waals surface area contributed by atoms with Gasteiger partial charge in [0.25, 0.3) is 5.56 Å². The van der Waals surface area contributed by atoms with Crippen molar-refractivity contribution in [3.8, 4) is 0 Å². The quantitative estimate of drug-likeness (QED) is 0.665. The number of thioether (sulfide) groups is 1. The van der Waals surface area contributed by atoms with Gasteiger partial charge in [-0.25, -0.2) is 4.98 Å². The molecule has 2 aromatic rings. The van der Waals surface area contributed by atoms with Crippen molar-refractivity contribution >= 4 is 17.4 Å². The number of rotatable bonds is 4. The molecule has 1 aliphatic heterocycles. The smallest absolute Gasteiger partial charge is 0.256 e. The highest BCUT2D eigenvalue weighted by atomic mass is 32.2. The Hall–Kier alpha value is -1.79. The molecule has 0 radical (unpaired) electrons. The Kier molecular flexibility index (Phi) is 4.49. The molecule has 6 heteroatoms. The Balaban J connectivity index is 1.80. The van der Waals surface area contributed by atoms with E-state index in [9.17, 15) is 4.79 Å². The number of hydrogen-bond donors (Lipinski definition) is 2. The number of hydrogen-bond acceptors (Lipinski definition) is 5. The van der Waals surface area contributed by atoms with E-state index in [4.69, 9.17) is 0 Å². The maximum Gasteiger partial charge on any atom is 0.256 e. The number of nitrogens with zero attached hydrogens (tertiary/aromatic N) is 2. The number of aromatic nitrogens is 2. The second-order valence-electron chi connectivity index (χ2n) is 5.53. The monoisotopic (exact) mass is 316 g/mol. The summed E-state index contributed by atoms with van der Waals surface area (Å²) in [4.78, 5) is 21.7. The van der Waals surface area contributed by atoms with E-state index < -0.39 is 0 Å². The van der Waals surface area contributed by atoms with Gasteiger partial charge in [-0.3, -0.25) is 4.79 Å². The molecule has 1 aromatic heterocycles. The summed E-state index contributed by atoms with van der Waals surface area (Å²) in [7, 11) is 4.07. The van der Waals surface area contributed by atoms with Crippen LogP contribution in [0.1, 0.15) is 16.8 Å². The highest BCUT2D eigenvalue weighted by Gasteiger charge is 2.15. The lowest BCUT2D eigenvalue weighted by molar-refractivity contribution is 0.609. The van der Waals surface area contributed by atoms with Gasteiger partial charge in [-0.2, -0.15) is 0 Å². The first-order valence-corrected chi connectivity index (χ1v) is 8.34. The predicted octanol–water partition coefficient (Wildman–Crippen LogP) is 1.77. The van der Waals surface area contributed by atoms with E-state index in [2.05, 4.69) is 32.3 Å². The van der Waals surface area contributed by atoms with E-state index >= 15 is 0 Å². The summed E-state index contributed by atoms with van der Waals surface area (Å²) in [5.74, 6) is 0.786. The maximum absolute atomic E-state index is 12.1. The zero-order valence-corrected chi connectivity index (χ0v) is 13.7. The second-order valence-corrected chi connectivity index (χ2v) is 6.50. The number of anilines is 1. The molecular formula is C16H20N4OS. The summed E-state index contributed by atoms with van der Waals surface area (Å²) < 4.78 is 0. The number of benzene rings is 1. The van der Waals surface area contributed by atoms with E-state index in [1.54, 1.807) is 11.8 Å². The topological polar surface area (TPSA) is 61.0 Å². The van der Waals surface area contributed by atoms with Crippen molar-refractivity contribution in [2.24, 2.45) is 0 Å². The Morgan fingerprint density at radius 3 is 2.95 bits per heavy atom. The van der Waals surface area contributed by atoms with Crippen molar-refractivity contribution in [2.45, 2.75) is 23.9 Å². The van der Waals surface area contributed by atoms with Crippen molar-refractivity contribution < 1.29 is 0 Å². The number of para-hydroxylation sites is 1. The van der Waals surface area contributed by atoms with Gasteiger partial charge >= 0.3 is 0 Å². The molecule has 2 N–H and O–H groups in total. The third-order valence-electron chi connectivity index (χ3n) is 3.76. The Labute approximate surface area is 134 Å². The minimum Gasteiger partial charge on any atom is -0.377 e. The SMILES string of the molecule is CN(C)c1ccccc1CSc1nc2c(c(=O)[nH]1)CNCC2. The normalized spacial score (nSPS) is 13.7. The largest absolute Gasteiger partial charge is 0.377 e. The van der Waals surface area contributed by atoms with Gasteiger partial charge in [-0.05, 0) is 11.6 Å². The molecule has 1 aliphatic rings. The Morgan fingerprint density at radius 1 is 1.32 bits per heavy atom. The molecular weight excluding hydrogens is 296 g/mol. The van der Waals surface area contributed by atoms with E-state index in [-0.39, 0.29) is 5.56 Å². The average Bonchev–Trinajstić information content (AvgIpc) is 2.53. The first kappa shape index (κ1) is 15.1. The first-order valence-electron chi connectivity index (χ1n) is 7.36. The van der Waals surface area contributed by atoms with Gasteiger partial charge < -0.3 is 15.2 Å². The number of nitrogens with one attached hydrogen (secondary N) is 2. The number of aromatic amines is 1. The molecule has 22 heavy (non-hydrogen) atoms. The van der Waals surface area contributed by atoms with Crippen molar-refractivity contribution in [3.05, 3.63) is 51.4 Å². The molecule has 3 rings (SSSR count). The van der Waals surface area contributed by atoms with Gasteiger partial charge in [0.2, 0.25) is 0 Å². The zero-order valence-electron chi connectivity index (χ0n) is 12.8. The summed E-state index contributed by atoms with van der Waals surface area (Å²) in [6.45, 7) is 1.50. The van der Waals surface area contributed by atoms with Crippen LogP contribution in [0.5, 0.6) is 0 Å². The number of fused-ring (bicyclic) bond motifs is 1. The molecule has 1 aromatic carbocycles. The van der Waals surface area contributed by atoms with E-state index in [0.717, 1.165) is 30.0 Å². The lowest BCUT2D eigenvalue weighted by atomic mass is 10.1. The summed E-state index contributed by atoms with van der Waals surface area (Å²) in [6, 6.07) is 8.29. The van der Waals surface area contributed by atoms with Crippen LogP contribution in [-0.2, 0) is 18.7 Å². The van der Waals surface area contributed by atoms with Crippen LogP contribution < -0.4 is 15.8 Å². The molecule has 5 nitrogen and oxygen atoms in total. The number of H-pyrrole nitrogens is 1. The molecule has 0 aliphatic carbocycles. The fraction of sp³-hybridized carbons (Fsp3) is 0.375. The molecule has 0 saturated carbocycles. The third kappa shape index (κ3) is 3.18. The summed E-state index contributed by atoms with van der Waals surface area (Å²) in [6.07, 6.45) is 0.821.